The minimum atomic E-state index is -0.446. The van der Waals surface area contributed by atoms with Crippen molar-refractivity contribution >= 4 is 34.4 Å². The molecule has 2 aromatic carbocycles. The van der Waals surface area contributed by atoms with Crippen LogP contribution in [0, 0.1) is 0 Å². The SMILES string of the molecule is CC(C)(C)c1nc2cc(NC(=O)CNC(=O)Nc3ccccc3)ccc2o1. The molecule has 3 aromatic rings. The number of carbonyl (C=O) groups is 2. The minimum Gasteiger partial charge on any atom is -0.440 e. The molecule has 27 heavy (non-hydrogen) atoms. The first-order chi connectivity index (χ1) is 12.8. The van der Waals surface area contributed by atoms with Gasteiger partial charge in [-0.15, -0.1) is 0 Å². The second-order valence-corrected chi connectivity index (χ2v) is 7.17. The van der Waals surface area contributed by atoms with E-state index in [9.17, 15) is 9.59 Å². The second-order valence-electron chi connectivity index (χ2n) is 7.17. The fourth-order valence-electron chi connectivity index (χ4n) is 2.39. The molecule has 0 spiro atoms. The number of amides is 3. The van der Waals surface area contributed by atoms with Gasteiger partial charge in [-0.2, -0.15) is 0 Å². The number of para-hydroxylation sites is 1. The predicted molar refractivity (Wildman–Crippen MR) is 105 cm³/mol. The average molecular weight is 366 g/mol. The number of urea groups is 1. The van der Waals surface area contributed by atoms with Gasteiger partial charge in [0.2, 0.25) is 11.8 Å². The Kier molecular flexibility index (Phi) is 5.12. The van der Waals surface area contributed by atoms with E-state index >= 15 is 0 Å². The molecule has 0 saturated carbocycles. The molecule has 0 aliphatic heterocycles. The van der Waals surface area contributed by atoms with E-state index in [1.54, 1.807) is 30.3 Å². The summed E-state index contributed by atoms with van der Waals surface area (Å²) in [7, 11) is 0. The zero-order chi connectivity index (χ0) is 19.4. The molecular weight excluding hydrogens is 344 g/mol. The lowest BCUT2D eigenvalue weighted by Crippen LogP contribution is -2.35. The van der Waals surface area contributed by atoms with Crippen LogP contribution in [0.2, 0.25) is 0 Å². The Labute approximate surface area is 157 Å². The molecule has 3 N–H and O–H groups in total. The van der Waals surface area contributed by atoms with Gasteiger partial charge >= 0.3 is 6.03 Å². The van der Waals surface area contributed by atoms with Crippen molar-refractivity contribution in [3.8, 4) is 0 Å². The standard InChI is InChI=1S/C20H22N4O3/c1-20(2,3)18-24-15-11-14(9-10-16(15)27-18)22-17(25)12-21-19(26)23-13-7-5-4-6-8-13/h4-11H,12H2,1-3H3,(H,22,25)(H2,21,23,26). The molecule has 0 aliphatic carbocycles. The molecule has 7 heteroatoms. The predicted octanol–water partition coefficient (Wildman–Crippen LogP) is 3.89. The summed E-state index contributed by atoms with van der Waals surface area (Å²) in [6.07, 6.45) is 0. The van der Waals surface area contributed by atoms with Crippen LogP contribution in [-0.2, 0) is 10.2 Å². The molecule has 1 aromatic heterocycles. The molecular formula is C20H22N4O3. The van der Waals surface area contributed by atoms with Crippen molar-refractivity contribution in [3.63, 3.8) is 0 Å². The summed E-state index contributed by atoms with van der Waals surface area (Å²) in [5, 5.41) is 7.90. The molecule has 140 valence electrons. The second kappa shape index (κ2) is 7.49. The van der Waals surface area contributed by atoms with E-state index in [1.807, 2.05) is 39.0 Å². The highest BCUT2D eigenvalue weighted by Gasteiger charge is 2.21. The first-order valence-electron chi connectivity index (χ1n) is 8.62. The van der Waals surface area contributed by atoms with E-state index in [2.05, 4.69) is 20.9 Å². The molecule has 0 aliphatic rings. The number of benzene rings is 2. The van der Waals surface area contributed by atoms with Gasteiger partial charge in [0.25, 0.3) is 0 Å². The fourth-order valence-corrected chi connectivity index (χ4v) is 2.39. The van der Waals surface area contributed by atoms with Crippen LogP contribution >= 0.6 is 0 Å². The van der Waals surface area contributed by atoms with Crippen LogP contribution < -0.4 is 16.0 Å². The van der Waals surface area contributed by atoms with Crippen molar-refractivity contribution in [1.82, 2.24) is 10.3 Å². The van der Waals surface area contributed by atoms with Gasteiger partial charge in [-0.25, -0.2) is 9.78 Å². The van der Waals surface area contributed by atoms with Gasteiger partial charge in [-0.3, -0.25) is 4.79 Å². The molecule has 0 fully saturated rings. The van der Waals surface area contributed by atoms with E-state index in [0.29, 0.717) is 28.4 Å². The highest BCUT2D eigenvalue weighted by Crippen LogP contribution is 2.27. The van der Waals surface area contributed by atoms with E-state index in [4.69, 9.17) is 4.42 Å². The minimum absolute atomic E-state index is 0.150. The number of fused-ring (bicyclic) bond motifs is 1. The molecule has 0 bridgehead atoms. The monoisotopic (exact) mass is 366 g/mol. The molecule has 7 nitrogen and oxygen atoms in total. The Morgan fingerprint density at radius 3 is 2.44 bits per heavy atom. The maximum absolute atomic E-state index is 12.1. The number of hydrogen-bond donors (Lipinski definition) is 3. The van der Waals surface area contributed by atoms with Crippen LogP contribution in [-0.4, -0.2) is 23.5 Å². The van der Waals surface area contributed by atoms with Crippen LogP contribution in [0.5, 0.6) is 0 Å². The number of nitrogens with one attached hydrogen (secondary N) is 3. The van der Waals surface area contributed by atoms with E-state index in [-0.39, 0.29) is 17.9 Å². The Bertz CT molecular complexity index is 958. The van der Waals surface area contributed by atoms with Crippen LogP contribution in [0.1, 0.15) is 26.7 Å². The summed E-state index contributed by atoms with van der Waals surface area (Å²) in [5.41, 5.74) is 2.39. The van der Waals surface area contributed by atoms with Crippen molar-refractivity contribution in [2.24, 2.45) is 0 Å². The molecule has 0 atom stereocenters. The first-order valence-corrected chi connectivity index (χ1v) is 8.62. The molecule has 3 amide bonds. The molecule has 3 rings (SSSR count). The summed E-state index contributed by atoms with van der Waals surface area (Å²) in [5.74, 6) is 0.303. The third-order valence-electron chi connectivity index (χ3n) is 3.75. The van der Waals surface area contributed by atoms with Crippen LogP contribution in [0.25, 0.3) is 11.1 Å². The fraction of sp³-hybridized carbons (Fsp3) is 0.250. The third-order valence-corrected chi connectivity index (χ3v) is 3.75. The number of oxazole rings is 1. The normalized spacial score (nSPS) is 11.2. The van der Waals surface area contributed by atoms with Gasteiger partial charge in [0.05, 0.1) is 6.54 Å². The number of hydrogen-bond acceptors (Lipinski definition) is 4. The highest BCUT2D eigenvalue weighted by atomic mass is 16.3. The molecule has 0 radical (unpaired) electrons. The highest BCUT2D eigenvalue weighted by molar-refractivity contribution is 5.97. The summed E-state index contributed by atoms with van der Waals surface area (Å²) < 4.78 is 5.74. The first kappa shape index (κ1) is 18.4. The quantitative estimate of drug-likeness (QED) is 0.653. The number of nitrogens with zero attached hydrogens (tertiary/aromatic N) is 1. The smallest absolute Gasteiger partial charge is 0.319 e. The Morgan fingerprint density at radius 1 is 1.00 bits per heavy atom. The van der Waals surface area contributed by atoms with Crippen LogP contribution in [0.3, 0.4) is 0 Å². The number of rotatable bonds is 4. The average Bonchev–Trinajstić information content (AvgIpc) is 3.05. The van der Waals surface area contributed by atoms with Gasteiger partial charge in [0, 0.05) is 16.8 Å². The molecule has 0 saturated heterocycles. The van der Waals surface area contributed by atoms with E-state index < -0.39 is 6.03 Å². The Hall–Kier alpha value is -3.35. The lowest BCUT2D eigenvalue weighted by molar-refractivity contribution is -0.115. The van der Waals surface area contributed by atoms with Crippen molar-refractivity contribution in [2.75, 3.05) is 17.2 Å². The zero-order valence-electron chi connectivity index (χ0n) is 15.5. The van der Waals surface area contributed by atoms with Crippen molar-refractivity contribution in [3.05, 3.63) is 54.4 Å². The van der Waals surface area contributed by atoms with Gasteiger partial charge < -0.3 is 20.4 Å². The third kappa shape index (κ3) is 4.84. The molecule has 0 unspecified atom stereocenters. The zero-order valence-corrected chi connectivity index (χ0v) is 15.5. The largest absolute Gasteiger partial charge is 0.440 e. The van der Waals surface area contributed by atoms with Gasteiger partial charge in [0.15, 0.2) is 5.58 Å². The summed E-state index contributed by atoms with van der Waals surface area (Å²) >= 11 is 0. The van der Waals surface area contributed by atoms with Gasteiger partial charge in [0.1, 0.15) is 5.52 Å². The maximum atomic E-state index is 12.1. The Balaban J connectivity index is 1.56. The number of carbonyl (C=O) groups excluding carboxylic acids is 2. The lowest BCUT2D eigenvalue weighted by atomic mass is 9.97. The molecule has 1 heterocycles. The summed E-state index contributed by atoms with van der Waals surface area (Å²) in [6.45, 7) is 5.91. The Morgan fingerprint density at radius 2 is 1.74 bits per heavy atom. The van der Waals surface area contributed by atoms with E-state index in [1.165, 1.54) is 0 Å². The topological polar surface area (TPSA) is 96.3 Å². The van der Waals surface area contributed by atoms with Crippen molar-refractivity contribution < 1.29 is 14.0 Å². The van der Waals surface area contributed by atoms with E-state index in [0.717, 1.165) is 0 Å². The van der Waals surface area contributed by atoms with Gasteiger partial charge in [-0.05, 0) is 30.3 Å². The van der Waals surface area contributed by atoms with Crippen LogP contribution in [0.4, 0.5) is 16.2 Å². The lowest BCUT2D eigenvalue weighted by Gasteiger charge is -2.11. The number of anilines is 2. The number of aromatic nitrogens is 1. The maximum Gasteiger partial charge on any atom is 0.319 e. The van der Waals surface area contributed by atoms with Gasteiger partial charge in [-0.1, -0.05) is 39.0 Å². The van der Waals surface area contributed by atoms with Crippen LogP contribution in [0.15, 0.2) is 52.9 Å². The van der Waals surface area contributed by atoms with Crippen molar-refractivity contribution in [2.45, 2.75) is 26.2 Å². The van der Waals surface area contributed by atoms with Crippen molar-refractivity contribution in [1.29, 1.82) is 0 Å². The summed E-state index contributed by atoms with van der Waals surface area (Å²) in [4.78, 5) is 28.4. The summed E-state index contributed by atoms with van der Waals surface area (Å²) in [6, 6.07) is 13.8.